The van der Waals surface area contributed by atoms with Crippen molar-refractivity contribution < 1.29 is 0 Å². The van der Waals surface area contributed by atoms with Crippen molar-refractivity contribution in [2.24, 2.45) is 0 Å². The van der Waals surface area contributed by atoms with Gasteiger partial charge in [0.05, 0.1) is 11.3 Å². The minimum atomic E-state index is 0.515. The summed E-state index contributed by atoms with van der Waals surface area (Å²) in [6.45, 7) is 1.95. The number of H-pyrrole nitrogens is 1. The van der Waals surface area contributed by atoms with E-state index in [1.165, 1.54) is 0 Å². The Bertz CT molecular complexity index is 1160. The minimum absolute atomic E-state index is 0.515. The summed E-state index contributed by atoms with van der Waals surface area (Å²) in [5.41, 5.74) is 6.15. The molecular weight excluding hydrogens is 332 g/mol. The molecule has 2 aromatic heterocycles. The quantitative estimate of drug-likeness (QED) is 0.499. The number of aryl methyl sites for hydroxylation is 1. The summed E-state index contributed by atoms with van der Waals surface area (Å²) in [6, 6.07) is 20.4. The topological polar surface area (TPSA) is 64.5 Å². The smallest absolute Gasteiger partial charge is 0.103 e. The Morgan fingerprint density at radius 3 is 2.70 bits per heavy atom. The molecule has 130 valence electrons. The van der Waals surface area contributed by atoms with Gasteiger partial charge in [0, 0.05) is 40.2 Å². The van der Waals surface area contributed by atoms with Crippen molar-refractivity contribution in [2.75, 3.05) is 5.32 Å². The van der Waals surface area contributed by atoms with E-state index in [2.05, 4.69) is 21.4 Å². The SMILES string of the molecule is Cc1ncc(C#N)c(Nc2cccc3[nH]ccc23)c1C=Cc1ccccc1. The zero-order chi connectivity index (χ0) is 18.6. The summed E-state index contributed by atoms with van der Waals surface area (Å²) in [5.74, 6) is 0. The Hall–Kier alpha value is -3.84. The molecule has 4 aromatic rings. The third-order valence-electron chi connectivity index (χ3n) is 4.53. The zero-order valence-electron chi connectivity index (χ0n) is 14.9. The largest absolute Gasteiger partial charge is 0.361 e. The van der Waals surface area contributed by atoms with Gasteiger partial charge in [-0.3, -0.25) is 4.98 Å². The molecule has 4 nitrogen and oxygen atoms in total. The first-order valence-electron chi connectivity index (χ1n) is 8.72. The van der Waals surface area contributed by atoms with Gasteiger partial charge in [-0.05, 0) is 30.7 Å². The van der Waals surface area contributed by atoms with E-state index in [0.29, 0.717) is 5.56 Å². The number of rotatable bonds is 4. The number of hydrogen-bond donors (Lipinski definition) is 2. The maximum Gasteiger partial charge on any atom is 0.103 e. The van der Waals surface area contributed by atoms with Crippen LogP contribution in [0, 0.1) is 18.3 Å². The van der Waals surface area contributed by atoms with Gasteiger partial charge in [0.1, 0.15) is 6.07 Å². The second kappa shape index (κ2) is 7.19. The van der Waals surface area contributed by atoms with Gasteiger partial charge in [-0.15, -0.1) is 0 Å². The number of nitrogens with one attached hydrogen (secondary N) is 2. The van der Waals surface area contributed by atoms with Gasteiger partial charge in [-0.25, -0.2) is 0 Å². The molecule has 0 aliphatic rings. The maximum absolute atomic E-state index is 9.61. The van der Waals surface area contributed by atoms with E-state index in [-0.39, 0.29) is 0 Å². The molecule has 0 saturated heterocycles. The molecule has 0 aliphatic heterocycles. The number of aromatic nitrogens is 2. The summed E-state index contributed by atoms with van der Waals surface area (Å²) in [4.78, 5) is 7.61. The molecule has 0 unspecified atom stereocenters. The van der Waals surface area contributed by atoms with Crippen molar-refractivity contribution in [1.82, 2.24) is 9.97 Å². The highest BCUT2D eigenvalue weighted by Gasteiger charge is 2.12. The van der Waals surface area contributed by atoms with Crippen molar-refractivity contribution in [2.45, 2.75) is 6.92 Å². The summed E-state index contributed by atoms with van der Waals surface area (Å²) in [6.07, 6.45) is 7.58. The standard InChI is InChI=1S/C23H18N4/c1-16-19(11-10-17-6-3-2-4-7-17)23(18(14-24)15-26-16)27-22-9-5-8-21-20(22)12-13-25-21/h2-13,15,25H,1H3,(H,26,27). The molecule has 2 aromatic carbocycles. The zero-order valence-corrected chi connectivity index (χ0v) is 14.9. The Morgan fingerprint density at radius 2 is 1.89 bits per heavy atom. The fraction of sp³-hybridized carbons (Fsp3) is 0.0435. The highest BCUT2D eigenvalue weighted by Crippen LogP contribution is 2.31. The normalized spacial score (nSPS) is 11.0. The lowest BCUT2D eigenvalue weighted by Gasteiger charge is -2.14. The number of aromatic amines is 1. The maximum atomic E-state index is 9.61. The van der Waals surface area contributed by atoms with E-state index in [1.807, 2.05) is 79.9 Å². The summed E-state index contributed by atoms with van der Waals surface area (Å²) in [5, 5.41) is 14.2. The monoisotopic (exact) mass is 350 g/mol. The Balaban J connectivity index is 1.81. The molecule has 0 aliphatic carbocycles. The van der Waals surface area contributed by atoms with Crippen molar-refractivity contribution >= 4 is 34.4 Å². The molecule has 2 heterocycles. The molecule has 0 fully saturated rings. The molecule has 0 atom stereocenters. The Kier molecular flexibility index (Phi) is 4.42. The van der Waals surface area contributed by atoms with Crippen molar-refractivity contribution in [3.8, 4) is 6.07 Å². The van der Waals surface area contributed by atoms with Crippen LogP contribution in [0.15, 0.2) is 67.0 Å². The van der Waals surface area contributed by atoms with Crippen molar-refractivity contribution in [3.63, 3.8) is 0 Å². The van der Waals surface area contributed by atoms with E-state index in [0.717, 1.165) is 39.1 Å². The number of pyridine rings is 1. The molecule has 0 spiro atoms. The predicted molar refractivity (Wildman–Crippen MR) is 111 cm³/mol. The average molecular weight is 350 g/mol. The molecular formula is C23H18N4. The van der Waals surface area contributed by atoms with Crippen LogP contribution >= 0.6 is 0 Å². The average Bonchev–Trinajstić information content (AvgIpc) is 3.18. The third-order valence-corrected chi connectivity index (χ3v) is 4.53. The number of nitriles is 1. The van der Waals surface area contributed by atoms with Crippen LogP contribution in [0.2, 0.25) is 0 Å². The van der Waals surface area contributed by atoms with Gasteiger partial charge < -0.3 is 10.3 Å². The van der Waals surface area contributed by atoms with Crippen LogP contribution in [0.3, 0.4) is 0 Å². The lowest BCUT2D eigenvalue weighted by Crippen LogP contribution is -2.01. The molecule has 27 heavy (non-hydrogen) atoms. The predicted octanol–water partition coefficient (Wildman–Crippen LogP) is 5.66. The van der Waals surface area contributed by atoms with Gasteiger partial charge in [0.2, 0.25) is 0 Å². The second-order valence-electron chi connectivity index (χ2n) is 6.27. The van der Waals surface area contributed by atoms with Crippen molar-refractivity contribution in [1.29, 1.82) is 5.26 Å². The van der Waals surface area contributed by atoms with E-state index in [1.54, 1.807) is 6.20 Å². The van der Waals surface area contributed by atoms with Crippen LogP contribution in [0.25, 0.3) is 23.1 Å². The van der Waals surface area contributed by atoms with Crippen LogP contribution in [-0.2, 0) is 0 Å². The van der Waals surface area contributed by atoms with Gasteiger partial charge >= 0.3 is 0 Å². The Morgan fingerprint density at radius 1 is 1.04 bits per heavy atom. The molecule has 4 heteroatoms. The van der Waals surface area contributed by atoms with Gasteiger partial charge in [0.15, 0.2) is 0 Å². The summed E-state index contributed by atoms with van der Waals surface area (Å²) < 4.78 is 0. The molecule has 0 bridgehead atoms. The second-order valence-corrected chi connectivity index (χ2v) is 6.27. The van der Waals surface area contributed by atoms with Crippen LogP contribution in [0.1, 0.15) is 22.4 Å². The first-order valence-corrected chi connectivity index (χ1v) is 8.72. The van der Waals surface area contributed by atoms with E-state index in [9.17, 15) is 5.26 Å². The first kappa shape index (κ1) is 16.6. The lowest BCUT2D eigenvalue weighted by atomic mass is 10.0. The van der Waals surface area contributed by atoms with E-state index in [4.69, 9.17) is 0 Å². The van der Waals surface area contributed by atoms with Crippen LogP contribution in [-0.4, -0.2) is 9.97 Å². The number of fused-ring (bicyclic) bond motifs is 1. The number of nitrogens with zero attached hydrogens (tertiary/aromatic N) is 2. The molecule has 2 N–H and O–H groups in total. The van der Waals surface area contributed by atoms with Crippen LogP contribution in [0.5, 0.6) is 0 Å². The fourth-order valence-corrected chi connectivity index (χ4v) is 3.12. The van der Waals surface area contributed by atoms with Crippen LogP contribution < -0.4 is 5.32 Å². The minimum Gasteiger partial charge on any atom is -0.361 e. The lowest BCUT2D eigenvalue weighted by molar-refractivity contribution is 1.18. The van der Waals surface area contributed by atoms with Gasteiger partial charge in [-0.2, -0.15) is 5.26 Å². The number of hydrogen-bond acceptors (Lipinski definition) is 3. The highest BCUT2D eigenvalue weighted by molar-refractivity contribution is 5.95. The summed E-state index contributed by atoms with van der Waals surface area (Å²) in [7, 11) is 0. The summed E-state index contributed by atoms with van der Waals surface area (Å²) >= 11 is 0. The Labute approximate surface area is 157 Å². The van der Waals surface area contributed by atoms with Gasteiger partial charge in [0.25, 0.3) is 0 Å². The molecule has 4 rings (SSSR count). The van der Waals surface area contributed by atoms with E-state index < -0.39 is 0 Å². The number of anilines is 2. The van der Waals surface area contributed by atoms with Crippen molar-refractivity contribution in [3.05, 3.63) is 89.4 Å². The van der Waals surface area contributed by atoms with Crippen LogP contribution in [0.4, 0.5) is 11.4 Å². The molecule has 0 saturated carbocycles. The molecule has 0 radical (unpaired) electrons. The highest BCUT2D eigenvalue weighted by atomic mass is 14.9. The number of benzene rings is 2. The van der Waals surface area contributed by atoms with Gasteiger partial charge in [-0.1, -0.05) is 48.6 Å². The third kappa shape index (κ3) is 3.31. The first-order chi connectivity index (χ1) is 13.3. The molecule has 0 amide bonds. The van der Waals surface area contributed by atoms with E-state index >= 15 is 0 Å². The fourth-order valence-electron chi connectivity index (χ4n) is 3.12.